The Bertz CT molecular complexity index is 592. The number of rotatable bonds is 4. The fraction of sp³-hybridized carbons (Fsp3) is 0.722. The minimum absolute atomic E-state index is 0.106. The fourth-order valence-corrected chi connectivity index (χ4v) is 4.08. The van der Waals surface area contributed by atoms with Gasteiger partial charge < -0.3 is 9.80 Å². The highest BCUT2D eigenvalue weighted by Gasteiger charge is 2.26. The van der Waals surface area contributed by atoms with Crippen molar-refractivity contribution in [2.24, 2.45) is 5.92 Å². The van der Waals surface area contributed by atoms with Gasteiger partial charge in [0.2, 0.25) is 0 Å². The Morgan fingerprint density at radius 1 is 1.29 bits per heavy atom. The zero-order chi connectivity index (χ0) is 17.1. The van der Waals surface area contributed by atoms with E-state index in [1.807, 2.05) is 6.07 Å². The van der Waals surface area contributed by atoms with E-state index in [0.29, 0.717) is 17.5 Å². The molecule has 2 saturated heterocycles. The van der Waals surface area contributed by atoms with Gasteiger partial charge in [-0.05, 0) is 58.1 Å². The lowest BCUT2D eigenvalue weighted by molar-refractivity contribution is -0.385. The summed E-state index contributed by atoms with van der Waals surface area (Å²) in [7, 11) is 0. The zero-order valence-corrected chi connectivity index (χ0v) is 14.8. The van der Waals surface area contributed by atoms with Gasteiger partial charge in [-0.25, -0.2) is 4.98 Å². The zero-order valence-electron chi connectivity index (χ0n) is 14.8. The third-order valence-corrected chi connectivity index (χ3v) is 5.54. The SMILES string of the molecule is Cc1cc(N2CCCC(CN3CCCCC3C)C2)ncc1[N+](=O)[O-]. The maximum absolute atomic E-state index is 11.0. The number of aryl methyl sites for hydroxylation is 1. The van der Waals surface area contributed by atoms with E-state index < -0.39 is 0 Å². The second-order valence-corrected chi connectivity index (χ2v) is 7.38. The van der Waals surface area contributed by atoms with Gasteiger partial charge in [0.05, 0.1) is 4.92 Å². The molecule has 6 heteroatoms. The first-order valence-electron chi connectivity index (χ1n) is 9.14. The first-order valence-corrected chi connectivity index (χ1v) is 9.14. The van der Waals surface area contributed by atoms with Crippen molar-refractivity contribution in [1.29, 1.82) is 0 Å². The van der Waals surface area contributed by atoms with E-state index in [0.717, 1.165) is 18.9 Å². The number of pyridine rings is 1. The lowest BCUT2D eigenvalue weighted by Crippen LogP contribution is -2.45. The maximum atomic E-state index is 11.0. The molecule has 2 atom stereocenters. The molecule has 2 unspecified atom stereocenters. The quantitative estimate of drug-likeness (QED) is 0.625. The van der Waals surface area contributed by atoms with Crippen LogP contribution in [0.5, 0.6) is 0 Å². The van der Waals surface area contributed by atoms with E-state index in [-0.39, 0.29) is 10.6 Å². The second kappa shape index (κ2) is 7.47. The highest BCUT2D eigenvalue weighted by Crippen LogP contribution is 2.27. The standard InChI is InChI=1S/C18H28N4O2/c1-14-10-18(19-11-17(14)22(23)24)21-9-5-7-16(13-21)12-20-8-4-3-6-15(20)2/h10-11,15-16H,3-9,12-13H2,1-2H3. The van der Waals surface area contributed by atoms with Gasteiger partial charge in [-0.2, -0.15) is 0 Å². The molecule has 0 N–H and O–H groups in total. The monoisotopic (exact) mass is 332 g/mol. The normalized spacial score (nSPS) is 25.7. The molecule has 6 nitrogen and oxygen atoms in total. The summed E-state index contributed by atoms with van der Waals surface area (Å²) >= 11 is 0. The number of likely N-dealkylation sites (tertiary alicyclic amines) is 1. The molecule has 0 bridgehead atoms. The maximum Gasteiger partial charge on any atom is 0.290 e. The molecule has 132 valence electrons. The molecule has 0 radical (unpaired) electrons. The molecule has 3 rings (SSSR count). The van der Waals surface area contributed by atoms with Gasteiger partial charge in [0.25, 0.3) is 5.69 Å². The summed E-state index contributed by atoms with van der Waals surface area (Å²) < 4.78 is 0. The van der Waals surface area contributed by atoms with Crippen LogP contribution < -0.4 is 4.90 Å². The van der Waals surface area contributed by atoms with Crippen LogP contribution in [0.2, 0.25) is 0 Å². The molecule has 0 amide bonds. The van der Waals surface area contributed by atoms with Crippen molar-refractivity contribution in [3.8, 4) is 0 Å². The van der Waals surface area contributed by atoms with Crippen LogP contribution in [-0.2, 0) is 0 Å². The summed E-state index contributed by atoms with van der Waals surface area (Å²) in [4.78, 5) is 19.9. The Morgan fingerprint density at radius 3 is 2.83 bits per heavy atom. The largest absolute Gasteiger partial charge is 0.356 e. The average molecular weight is 332 g/mol. The Morgan fingerprint density at radius 2 is 2.12 bits per heavy atom. The summed E-state index contributed by atoms with van der Waals surface area (Å²) in [6, 6.07) is 2.57. The fourth-order valence-electron chi connectivity index (χ4n) is 4.08. The molecular formula is C18H28N4O2. The van der Waals surface area contributed by atoms with Crippen molar-refractivity contribution in [1.82, 2.24) is 9.88 Å². The van der Waals surface area contributed by atoms with E-state index in [4.69, 9.17) is 0 Å². The van der Waals surface area contributed by atoms with Crippen molar-refractivity contribution < 1.29 is 4.92 Å². The number of hydrogen-bond donors (Lipinski definition) is 0. The summed E-state index contributed by atoms with van der Waals surface area (Å²) in [6.45, 7) is 8.54. The van der Waals surface area contributed by atoms with Crippen molar-refractivity contribution in [2.75, 3.05) is 31.1 Å². The van der Waals surface area contributed by atoms with E-state index in [1.165, 1.54) is 51.4 Å². The Kier molecular flexibility index (Phi) is 5.33. The molecule has 3 heterocycles. The number of nitro groups is 1. The van der Waals surface area contributed by atoms with Crippen molar-refractivity contribution in [2.45, 2.75) is 52.0 Å². The summed E-state index contributed by atoms with van der Waals surface area (Å²) in [5.74, 6) is 1.55. The van der Waals surface area contributed by atoms with Crippen molar-refractivity contribution >= 4 is 11.5 Å². The molecule has 0 saturated carbocycles. The first-order chi connectivity index (χ1) is 11.5. The topological polar surface area (TPSA) is 62.5 Å². The van der Waals surface area contributed by atoms with Gasteiger partial charge in [-0.3, -0.25) is 10.1 Å². The average Bonchev–Trinajstić information content (AvgIpc) is 2.57. The molecule has 1 aromatic rings. The van der Waals surface area contributed by atoms with Crippen molar-refractivity contribution in [3.05, 3.63) is 27.9 Å². The van der Waals surface area contributed by atoms with Gasteiger partial charge >= 0.3 is 0 Å². The summed E-state index contributed by atoms with van der Waals surface area (Å²) in [5, 5.41) is 11.0. The molecule has 0 aromatic carbocycles. The Hall–Kier alpha value is -1.69. The minimum Gasteiger partial charge on any atom is -0.356 e. The van der Waals surface area contributed by atoms with Crippen LogP contribution in [0, 0.1) is 23.0 Å². The first kappa shape index (κ1) is 17.1. The van der Waals surface area contributed by atoms with E-state index in [1.54, 1.807) is 6.92 Å². The molecule has 2 aliphatic rings. The highest BCUT2D eigenvalue weighted by molar-refractivity contribution is 5.48. The Labute approximate surface area is 144 Å². The van der Waals surface area contributed by atoms with Crippen LogP contribution in [0.1, 0.15) is 44.6 Å². The van der Waals surface area contributed by atoms with Crippen LogP contribution in [0.25, 0.3) is 0 Å². The predicted octanol–water partition coefficient (Wildman–Crippen LogP) is 3.39. The molecule has 0 aliphatic carbocycles. The van der Waals surface area contributed by atoms with Crippen LogP contribution >= 0.6 is 0 Å². The van der Waals surface area contributed by atoms with Crippen LogP contribution in [-0.4, -0.2) is 47.0 Å². The molecule has 2 fully saturated rings. The lowest BCUT2D eigenvalue weighted by atomic mass is 9.94. The number of aromatic nitrogens is 1. The number of piperidine rings is 2. The van der Waals surface area contributed by atoms with Crippen LogP contribution in [0.3, 0.4) is 0 Å². The second-order valence-electron chi connectivity index (χ2n) is 7.38. The van der Waals surface area contributed by atoms with Gasteiger partial charge in [-0.15, -0.1) is 0 Å². The van der Waals surface area contributed by atoms with Crippen LogP contribution in [0.15, 0.2) is 12.3 Å². The number of nitrogens with zero attached hydrogens (tertiary/aromatic N) is 4. The van der Waals surface area contributed by atoms with E-state index in [2.05, 4.69) is 21.7 Å². The van der Waals surface area contributed by atoms with E-state index >= 15 is 0 Å². The molecular weight excluding hydrogens is 304 g/mol. The van der Waals surface area contributed by atoms with Gasteiger partial charge in [0.1, 0.15) is 12.0 Å². The third-order valence-electron chi connectivity index (χ3n) is 5.54. The van der Waals surface area contributed by atoms with Gasteiger partial charge in [-0.1, -0.05) is 6.42 Å². The number of hydrogen-bond acceptors (Lipinski definition) is 5. The molecule has 0 spiro atoms. The molecule has 2 aliphatic heterocycles. The summed E-state index contributed by atoms with van der Waals surface area (Å²) in [5.41, 5.74) is 0.797. The number of anilines is 1. The predicted molar refractivity (Wildman–Crippen MR) is 95.5 cm³/mol. The lowest BCUT2D eigenvalue weighted by Gasteiger charge is -2.40. The molecule has 1 aromatic heterocycles. The smallest absolute Gasteiger partial charge is 0.290 e. The minimum atomic E-state index is -0.358. The van der Waals surface area contributed by atoms with Crippen molar-refractivity contribution in [3.63, 3.8) is 0 Å². The van der Waals surface area contributed by atoms with Gasteiger partial charge in [0.15, 0.2) is 0 Å². The summed E-state index contributed by atoms with van der Waals surface area (Å²) in [6.07, 6.45) is 7.85. The van der Waals surface area contributed by atoms with Crippen LogP contribution in [0.4, 0.5) is 11.5 Å². The van der Waals surface area contributed by atoms with Gasteiger partial charge in [0, 0.05) is 31.2 Å². The molecule has 24 heavy (non-hydrogen) atoms. The third kappa shape index (κ3) is 3.86. The van der Waals surface area contributed by atoms with E-state index in [9.17, 15) is 10.1 Å². The highest BCUT2D eigenvalue weighted by atomic mass is 16.6. The Balaban J connectivity index is 1.65.